The molecule has 2 unspecified atom stereocenters. The molecule has 0 aliphatic heterocycles. The monoisotopic (exact) mass is 262 g/mol. The molecule has 0 aliphatic carbocycles. The van der Waals surface area contributed by atoms with Crippen LogP contribution >= 0.6 is 0 Å². The highest BCUT2D eigenvalue weighted by atomic mass is 16.1. The van der Waals surface area contributed by atoms with E-state index in [0.717, 1.165) is 11.1 Å². The largest absolute Gasteiger partial charge is 0.300 e. The molecule has 0 saturated heterocycles. The first-order valence-corrected chi connectivity index (χ1v) is 6.78. The maximum absolute atomic E-state index is 11.6. The molecule has 0 aromatic heterocycles. The molecule has 0 aliphatic rings. The van der Waals surface area contributed by atoms with Crippen molar-refractivity contribution in [3.63, 3.8) is 0 Å². The molecule has 0 saturated carbocycles. The molecule has 20 heavy (non-hydrogen) atoms. The summed E-state index contributed by atoms with van der Waals surface area (Å²) in [4.78, 5) is 11.6. The molecule has 2 aromatic rings. The van der Waals surface area contributed by atoms with Crippen LogP contribution < -0.4 is 0 Å². The molecular weight excluding hydrogens is 244 g/mol. The Labute approximate surface area is 120 Å². The van der Waals surface area contributed by atoms with Crippen molar-refractivity contribution >= 4 is 5.78 Å². The van der Waals surface area contributed by atoms with Gasteiger partial charge in [-0.15, -0.1) is 6.42 Å². The number of terminal acetylenes is 1. The highest BCUT2D eigenvalue weighted by molar-refractivity contribution is 5.76. The fourth-order valence-corrected chi connectivity index (χ4v) is 2.54. The Morgan fingerprint density at radius 2 is 1.50 bits per heavy atom. The molecule has 0 heterocycles. The minimum Gasteiger partial charge on any atom is -0.300 e. The van der Waals surface area contributed by atoms with E-state index in [1.807, 2.05) is 60.7 Å². The van der Waals surface area contributed by atoms with E-state index < -0.39 is 0 Å². The van der Waals surface area contributed by atoms with Gasteiger partial charge in [0.1, 0.15) is 5.78 Å². The van der Waals surface area contributed by atoms with E-state index in [1.165, 1.54) is 0 Å². The highest BCUT2D eigenvalue weighted by Gasteiger charge is 2.24. The second-order valence-electron chi connectivity index (χ2n) is 4.98. The number of hydrogen-bond donors (Lipinski definition) is 0. The van der Waals surface area contributed by atoms with Crippen LogP contribution in [0.1, 0.15) is 36.3 Å². The van der Waals surface area contributed by atoms with Gasteiger partial charge in [0.15, 0.2) is 0 Å². The van der Waals surface area contributed by atoms with Crippen LogP contribution in [0.2, 0.25) is 0 Å². The Bertz CT molecular complexity index is 593. The van der Waals surface area contributed by atoms with Crippen LogP contribution in [0.3, 0.4) is 0 Å². The number of rotatable bonds is 5. The summed E-state index contributed by atoms with van der Waals surface area (Å²) in [5.41, 5.74) is 2.21. The summed E-state index contributed by atoms with van der Waals surface area (Å²) < 4.78 is 0. The van der Waals surface area contributed by atoms with Crippen LogP contribution in [0, 0.1) is 12.3 Å². The lowest BCUT2D eigenvalue weighted by molar-refractivity contribution is -0.117. The van der Waals surface area contributed by atoms with E-state index >= 15 is 0 Å². The first-order chi connectivity index (χ1) is 9.72. The number of Topliss-reactive ketones (excluding diaryl/α,β-unsaturated/α-hetero) is 1. The normalized spacial score (nSPS) is 13.2. The van der Waals surface area contributed by atoms with Crippen molar-refractivity contribution in [3.8, 4) is 12.3 Å². The molecule has 100 valence electrons. The van der Waals surface area contributed by atoms with Gasteiger partial charge in [0.2, 0.25) is 0 Å². The van der Waals surface area contributed by atoms with Gasteiger partial charge in [-0.05, 0) is 18.1 Å². The number of benzene rings is 2. The van der Waals surface area contributed by atoms with Crippen molar-refractivity contribution in [2.24, 2.45) is 0 Å². The van der Waals surface area contributed by atoms with Crippen LogP contribution in [0.4, 0.5) is 0 Å². The van der Waals surface area contributed by atoms with Crippen LogP contribution in [0.25, 0.3) is 0 Å². The van der Waals surface area contributed by atoms with E-state index in [9.17, 15) is 4.79 Å². The van der Waals surface area contributed by atoms with Gasteiger partial charge in [-0.2, -0.15) is 0 Å². The summed E-state index contributed by atoms with van der Waals surface area (Å²) in [6.45, 7) is 1.62. The smallest absolute Gasteiger partial charge is 0.130 e. The fraction of sp³-hybridized carbons (Fsp3) is 0.211. The topological polar surface area (TPSA) is 17.1 Å². The predicted octanol–water partition coefficient (Wildman–Crippen LogP) is 4.17. The standard InChI is InChI=1S/C19H18O/c1-3-18(16-10-6-4-7-11-16)19(14-15(2)20)17-12-8-5-9-13-17/h1,4-13,18-19H,14H2,2H3. The summed E-state index contributed by atoms with van der Waals surface area (Å²) in [5, 5.41) is 0. The number of carbonyl (C=O) groups excluding carboxylic acids is 1. The van der Waals surface area contributed by atoms with Gasteiger partial charge in [-0.1, -0.05) is 66.6 Å². The zero-order valence-electron chi connectivity index (χ0n) is 11.6. The number of hydrogen-bond acceptors (Lipinski definition) is 1. The Morgan fingerprint density at radius 1 is 1.00 bits per heavy atom. The van der Waals surface area contributed by atoms with Crippen molar-refractivity contribution in [1.82, 2.24) is 0 Å². The third-order valence-electron chi connectivity index (χ3n) is 3.48. The molecule has 2 rings (SSSR count). The molecule has 2 aromatic carbocycles. The van der Waals surface area contributed by atoms with E-state index in [4.69, 9.17) is 6.42 Å². The van der Waals surface area contributed by atoms with Gasteiger partial charge < -0.3 is 4.79 Å². The SMILES string of the molecule is C#CC(c1ccccc1)C(CC(C)=O)c1ccccc1. The molecule has 0 N–H and O–H groups in total. The number of ketones is 1. The molecule has 1 nitrogen and oxygen atoms in total. The zero-order valence-corrected chi connectivity index (χ0v) is 11.6. The van der Waals surface area contributed by atoms with Gasteiger partial charge in [0.05, 0.1) is 5.92 Å². The summed E-state index contributed by atoms with van der Waals surface area (Å²) in [5.74, 6) is 2.98. The van der Waals surface area contributed by atoms with Crippen LogP contribution in [-0.2, 0) is 4.79 Å². The van der Waals surface area contributed by atoms with Gasteiger partial charge >= 0.3 is 0 Å². The van der Waals surface area contributed by atoms with Crippen molar-refractivity contribution in [3.05, 3.63) is 71.8 Å². The second-order valence-corrected chi connectivity index (χ2v) is 4.98. The van der Waals surface area contributed by atoms with Gasteiger partial charge in [-0.25, -0.2) is 0 Å². The third kappa shape index (κ3) is 3.36. The Kier molecular flexibility index (Phi) is 4.74. The second kappa shape index (κ2) is 6.73. The molecule has 0 amide bonds. The lowest BCUT2D eigenvalue weighted by Crippen LogP contribution is -2.13. The first kappa shape index (κ1) is 14.1. The maximum atomic E-state index is 11.6. The first-order valence-electron chi connectivity index (χ1n) is 6.78. The Balaban J connectivity index is 2.40. The molecule has 0 radical (unpaired) electrons. The molecular formula is C19H18O. The number of carbonyl (C=O) groups is 1. The average molecular weight is 262 g/mol. The molecule has 0 bridgehead atoms. The van der Waals surface area contributed by atoms with Crippen molar-refractivity contribution < 1.29 is 4.79 Å². The van der Waals surface area contributed by atoms with Gasteiger partial charge in [0.25, 0.3) is 0 Å². The van der Waals surface area contributed by atoms with Crippen LogP contribution in [0.15, 0.2) is 60.7 Å². The lowest BCUT2D eigenvalue weighted by Gasteiger charge is -2.23. The van der Waals surface area contributed by atoms with E-state index in [1.54, 1.807) is 6.92 Å². The Hall–Kier alpha value is -2.33. The molecule has 1 heteroatoms. The van der Waals surface area contributed by atoms with E-state index in [-0.39, 0.29) is 17.6 Å². The quantitative estimate of drug-likeness (QED) is 0.739. The van der Waals surface area contributed by atoms with E-state index in [2.05, 4.69) is 5.92 Å². The van der Waals surface area contributed by atoms with Crippen LogP contribution in [0.5, 0.6) is 0 Å². The maximum Gasteiger partial charge on any atom is 0.130 e. The predicted molar refractivity (Wildman–Crippen MR) is 82.5 cm³/mol. The molecule has 2 atom stereocenters. The van der Waals surface area contributed by atoms with Crippen molar-refractivity contribution in [2.45, 2.75) is 25.2 Å². The van der Waals surface area contributed by atoms with Gasteiger partial charge in [-0.3, -0.25) is 0 Å². The lowest BCUT2D eigenvalue weighted by atomic mass is 9.79. The molecule has 0 fully saturated rings. The van der Waals surface area contributed by atoms with Crippen LogP contribution in [-0.4, -0.2) is 5.78 Å². The van der Waals surface area contributed by atoms with Crippen molar-refractivity contribution in [2.75, 3.05) is 0 Å². The molecule has 0 spiro atoms. The summed E-state index contributed by atoms with van der Waals surface area (Å²) in [6, 6.07) is 20.0. The average Bonchev–Trinajstić information content (AvgIpc) is 2.49. The highest BCUT2D eigenvalue weighted by Crippen LogP contribution is 2.35. The summed E-state index contributed by atoms with van der Waals surface area (Å²) in [7, 11) is 0. The van der Waals surface area contributed by atoms with Gasteiger partial charge in [0, 0.05) is 12.3 Å². The zero-order chi connectivity index (χ0) is 14.4. The third-order valence-corrected chi connectivity index (χ3v) is 3.48. The minimum atomic E-state index is -0.0810. The summed E-state index contributed by atoms with van der Waals surface area (Å²) in [6.07, 6.45) is 6.22. The fourth-order valence-electron chi connectivity index (χ4n) is 2.54. The Morgan fingerprint density at radius 3 is 1.95 bits per heavy atom. The summed E-state index contributed by atoms with van der Waals surface area (Å²) >= 11 is 0. The minimum absolute atomic E-state index is 0.0288. The van der Waals surface area contributed by atoms with E-state index in [0.29, 0.717) is 6.42 Å². The van der Waals surface area contributed by atoms with Crippen molar-refractivity contribution in [1.29, 1.82) is 0 Å².